The molecule has 1 aliphatic heterocycles. The van der Waals surface area contributed by atoms with E-state index in [0.717, 1.165) is 38.4 Å². The third-order valence-electron chi connectivity index (χ3n) is 5.05. The Labute approximate surface area is 123 Å². The van der Waals surface area contributed by atoms with E-state index in [-0.39, 0.29) is 6.03 Å². The molecular formula is C16H31N3O. The summed E-state index contributed by atoms with van der Waals surface area (Å²) in [5, 5.41) is 9.63. The minimum Gasteiger partial charge on any atom is -0.338 e. The van der Waals surface area contributed by atoms with Crippen LogP contribution < -0.4 is 16.0 Å². The van der Waals surface area contributed by atoms with Gasteiger partial charge in [-0.25, -0.2) is 4.79 Å². The average Bonchev–Trinajstić information content (AvgIpc) is 2.49. The highest BCUT2D eigenvalue weighted by atomic mass is 16.2. The SMILES string of the molecule is CCC1CCCCC1NC(=O)NCCC1CCNCC1. The first-order chi connectivity index (χ1) is 9.79. The summed E-state index contributed by atoms with van der Waals surface area (Å²) in [7, 11) is 0. The van der Waals surface area contributed by atoms with Crippen LogP contribution in [-0.4, -0.2) is 31.7 Å². The lowest BCUT2D eigenvalue weighted by molar-refractivity contribution is 0.215. The van der Waals surface area contributed by atoms with Gasteiger partial charge in [-0.2, -0.15) is 0 Å². The Bertz CT molecular complexity index is 289. The van der Waals surface area contributed by atoms with Crippen LogP contribution in [0.25, 0.3) is 0 Å². The second-order valence-corrected chi connectivity index (χ2v) is 6.44. The molecule has 0 aromatic rings. The maximum atomic E-state index is 12.0. The van der Waals surface area contributed by atoms with Crippen molar-refractivity contribution in [1.82, 2.24) is 16.0 Å². The van der Waals surface area contributed by atoms with Crippen LogP contribution in [0.15, 0.2) is 0 Å². The summed E-state index contributed by atoms with van der Waals surface area (Å²) in [6.45, 7) is 5.33. The number of piperidine rings is 1. The number of urea groups is 1. The molecule has 2 unspecified atom stereocenters. The lowest BCUT2D eigenvalue weighted by atomic mass is 9.83. The monoisotopic (exact) mass is 281 g/mol. The minimum atomic E-state index is 0.0456. The molecule has 2 fully saturated rings. The van der Waals surface area contributed by atoms with Gasteiger partial charge in [0, 0.05) is 12.6 Å². The Morgan fingerprint density at radius 2 is 1.90 bits per heavy atom. The number of hydrogen-bond acceptors (Lipinski definition) is 2. The molecule has 0 aromatic heterocycles. The Kier molecular flexibility index (Phi) is 6.64. The molecule has 1 heterocycles. The van der Waals surface area contributed by atoms with E-state index in [2.05, 4.69) is 22.9 Å². The van der Waals surface area contributed by atoms with Crippen LogP contribution in [0.2, 0.25) is 0 Å². The first-order valence-electron chi connectivity index (χ1n) is 8.54. The quantitative estimate of drug-likeness (QED) is 0.725. The van der Waals surface area contributed by atoms with Gasteiger partial charge in [0.05, 0.1) is 0 Å². The lowest BCUT2D eigenvalue weighted by Crippen LogP contribution is -2.47. The van der Waals surface area contributed by atoms with Crippen molar-refractivity contribution in [3.63, 3.8) is 0 Å². The third-order valence-corrected chi connectivity index (χ3v) is 5.05. The molecule has 2 amide bonds. The highest BCUT2D eigenvalue weighted by Crippen LogP contribution is 2.26. The third kappa shape index (κ3) is 4.97. The van der Waals surface area contributed by atoms with Crippen molar-refractivity contribution in [2.24, 2.45) is 11.8 Å². The maximum absolute atomic E-state index is 12.0. The summed E-state index contributed by atoms with van der Waals surface area (Å²) >= 11 is 0. The Morgan fingerprint density at radius 1 is 1.15 bits per heavy atom. The van der Waals surface area contributed by atoms with Crippen LogP contribution >= 0.6 is 0 Å². The van der Waals surface area contributed by atoms with Crippen molar-refractivity contribution in [3.8, 4) is 0 Å². The van der Waals surface area contributed by atoms with Crippen LogP contribution in [0.1, 0.15) is 58.3 Å². The summed E-state index contributed by atoms with van der Waals surface area (Å²) < 4.78 is 0. The fraction of sp³-hybridized carbons (Fsp3) is 0.938. The highest BCUT2D eigenvalue weighted by molar-refractivity contribution is 5.74. The Balaban J connectivity index is 1.61. The number of hydrogen-bond donors (Lipinski definition) is 3. The van der Waals surface area contributed by atoms with Gasteiger partial charge in [-0.1, -0.05) is 26.2 Å². The summed E-state index contributed by atoms with van der Waals surface area (Å²) in [4.78, 5) is 12.0. The Morgan fingerprint density at radius 3 is 2.65 bits per heavy atom. The van der Waals surface area contributed by atoms with E-state index in [0.29, 0.717) is 12.0 Å². The smallest absolute Gasteiger partial charge is 0.315 e. The molecule has 4 nitrogen and oxygen atoms in total. The molecule has 0 aromatic carbocycles. The van der Waals surface area contributed by atoms with E-state index >= 15 is 0 Å². The summed E-state index contributed by atoms with van der Waals surface area (Å²) in [6.07, 6.45) is 9.83. The van der Waals surface area contributed by atoms with Crippen molar-refractivity contribution in [2.75, 3.05) is 19.6 Å². The van der Waals surface area contributed by atoms with Crippen molar-refractivity contribution < 1.29 is 4.79 Å². The predicted octanol–water partition coefficient (Wildman–Crippen LogP) is 2.64. The van der Waals surface area contributed by atoms with Gasteiger partial charge in [0.2, 0.25) is 0 Å². The van der Waals surface area contributed by atoms with Crippen molar-refractivity contribution in [2.45, 2.75) is 64.3 Å². The molecule has 2 atom stereocenters. The molecule has 1 saturated carbocycles. The number of amides is 2. The molecule has 4 heteroatoms. The second-order valence-electron chi connectivity index (χ2n) is 6.44. The van der Waals surface area contributed by atoms with Gasteiger partial charge in [0.25, 0.3) is 0 Å². The molecule has 2 rings (SSSR count). The summed E-state index contributed by atoms with van der Waals surface area (Å²) in [6, 6.07) is 0.442. The molecule has 0 radical (unpaired) electrons. The Hall–Kier alpha value is -0.770. The number of rotatable bonds is 5. The normalized spacial score (nSPS) is 28.1. The van der Waals surface area contributed by atoms with E-state index in [1.165, 1.54) is 38.5 Å². The summed E-state index contributed by atoms with van der Waals surface area (Å²) in [5.74, 6) is 1.47. The fourth-order valence-corrected chi connectivity index (χ4v) is 3.67. The van der Waals surface area contributed by atoms with Gasteiger partial charge in [-0.3, -0.25) is 0 Å². The van der Waals surface area contributed by atoms with Gasteiger partial charge < -0.3 is 16.0 Å². The van der Waals surface area contributed by atoms with E-state index in [1.54, 1.807) is 0 Å². The molecule has 0 bridgehead atoms. The lowest BCUT2D eigenvalue weighted by Gasteiger charge is -2.31. The van der Waals surface area contributed by atoms with Crippen LogP contribution in [0.5, 0.6) is 0 Å². The van der Waals surface area contributed by atoms with Crippen molar-refractivity contribution in [1.29, 1.82) is 0 Å². The summed E-state index contributed by atoms with van der Waals surface area (Å²) in [5.41, 5.74) is 0. The topological polar surface area (TPSA) is 53.2 Å². The molecule has 2 aliphatic rings. The van der Waals surface area contributed by atoms with Crippen LogP contribution in [0.3, 0.4) is 0 Å². The second kappa shape index (κ2) is 8.50. The van der Waals surface area contributed by atoms with E-state index in [4.69, 9.17) is 0 Å². The zero-order valence-electron chi connectivity index (χ0n) is 12.9. The van der Waals surface area contributed by atoms with E-state index in [9.17, 15) is 4.79 Å². The molecular weight excluding hydrogens is 250 g/mol. The molecule has 3 N–H and O–H groups in total. The van der Waals surface area contributed by atoms with Crippen LogP contribution in [-0.2, 0) is 0 Å². The molecule has 1 aliphatic carbocycles. The standard InChI is InChI=1S/C16H31N3O/c1-2-14-5-3-4-6-15(14)19-16(20)18-12-9-13-7-10-17-11-8-13/h13-15,17H,2-12H2,1H3,(H2,18,19,20). The fourth-order valence-electron chi connectivity index (χ4n) is 3.67. The average molecular weight is 281 g/mol. The van der Waals surface area contributed by atoms with Gasteiger partial charge in [0.15, 0.2) is 0 Å². The van der Waals surface area contributed by atoms with Gasteiger partial charge in [0.1, 0.15) is 0 Å². The predicted molar refractivity (Wildman–Crippen MR) is 82.8 cm³/mol. The number of carbonyl (C=O) groups excluding carboxylic acids is 1. The van der Waals surface area contributed by atoms with Crippen LogP contribution in [0, 0.1) is 11.8 Å². The molecule has 20 heavy (non-hydrogen) atoms. The van der Waals surface area contributed by atoms with Crippen molar-refractivity contribution in [3.05, 3.63) is 0 Å². The van der Waals surface area contributed by atoms with E-state index in [1.807, 2.05) is 0 Å². The van der Waals surface area contributed by atoms with Gasteiger partial charge >= 0.3 is 6.03 Å². The minimum absolute atomic E-state index is 0.0456. The van der Waals surface area contributed by atoms with E-state index < -0.39 is 0 Å². The molecule has 0 spiro atoms. The van der Waals surface area contributed by atoms with Crippen LogP contribution in [0.4, 0.5) is 4.79 Å². The largest absolute Gasteiger partial charge is 0.338 e. The first-order valence-corrected chi connectivity index (χ1v) is 8.54. The van der Waals surface area contributed by atoms with Crippen molar-refractivity contribution >= 4 is 6.03 Å². The maximum Gasteiger partial charge on any atom is 0.315 e. The molecule has 1 saturated heterocycles. The van der Waals surface area contributed by atoms with Gasteiger partial charge in [-0.15, -0.1) is 0 Å². The zero-order chi connectivity index (χ0) is 14.2. The zero-order valence-corrected chi connectivity index (χ0v) is 12.9. The van der Waals surface area contributed by atoms with Gasteiger partial charge in [-0.05, 0) is 57.0 Å². The molecule has 116 valence electrons. The number of carbonyl (C=O) groups is 1. The highest BCUT2D eigenvalue weighted by Gasteiger charge is 2.24. The number of nitrogens with one attached hydrogen (secondary N) is 3. The first kappa shape index (κ1) is 15.6.